The Morgan fingerprint density at radius 1 is 1.37 bits per heavy atom. The SMILES string of the molecule is COCCNCCc1nnc(C2CCCC2(C)C)s1. The standard InChI is InChI=1S/C14H25N3OS/c1-14(2)7-4-5-11(14)13-17-16-12(19-13)6-8-15-9-10-18-3/h11,15H,4-10H2,1-3H3. The van der Waals surface area contributed by atoms with Gasteiger partial charge in [-0.1, -0.05) is 20.3 Å². The molecule has 1 N–H and O–H groups in total. The Bertz CT molecular complexity index is 392. The Kier molecular flexibility index (Phi) is 5.30. The van der Waals surface area contributed by atoms with Gasteiger partial charge in [-0.25, -0.2) is 0 Å². The molecule has 2 rings (SSSR count). The summed E-state index contributed by atoms with van der Waals surface area (Å²) in [7, 11) is 1.72. The second-order valence-corrected chi connectivity index (χ2v) is 7.05. The second kappa shape index (κ2) is 6.77. The number of nitrogens with one attached hydrogen (secondary N) is 1. The lowest BCUT2D eigenvalue weighted by Gasteiger charge is -2.24. The fraction of sp³-hybridized carbons (Fsp3) is 0.857. The van der Waals surface area contributed by atoms with Gasteiger partial charge in [-0.2, -0.15) is 0 Å². The van der Waals surface area contributed by atoms with E-state index >= 15 is 0 Å². The zero-order chi connectivity index (χ0) is 13.7. The fourth-order valence-corrected chi connectivity index (χ4v) is 3.98. The van der Waals surface area contributed by atoms with Crippen molar-refractivity contribution >= 4 is 11.3 Å². The number of nitrogens with zero attached hydrogens (tertiary/aromatic N) is 2. The molecule has 0 bridgehead atoms. The van der Waals surface area contributed by atoms with Gasteiger partial charge in [0.15, 0.2) is 0 Å². The van der Waals surface area contributed by atoms with Crippen molar-refractivity contribution in [1.29, 1.82) is 0 Å². The molecular weight excluding hydrogens is 258 g/mol. The molecule has 0 aromatic carbocycles. The highest BCUT2D eigenvalue weighted by atomic mass is 32.1. The third-order valence-electron chi connectivity index (χ3n) is 4.04. The van der Waals surface area contributed by atoms with Crippen LogP contribution < -0.4 is 5.32 Å². The minimum absolute atomic E-state index is 0.396. The molecule has 0 aliphatic heterocycles. The summed E-state index contributed by atoms with van der Waals surface area (Å²) in [5, 5.41) is 14.5. The first-order chi connectivity index (χ1) is 9.13. The number of rotatable bonds is 7. The van der Waals surface area contributed by atoms with Gasteiger partial charge in [-0.3, -0.25) is 0 Å². The lowest BCUT2D eigenvalue weighted by Crippen LogP contribution is -2.21. The smallest absolute Gasteiger partial charge is 0.121 e. The lowest BCUT2D eigenvalue weighted by molar-refractivity contribution is 0.199. The summed E-state index contributed by atoms with van der Waals surface area (Å²) in [5.74, 6) is 0.611. The Balaban J connectivity index is 1.82. The van der Waals surface area contributed by atoms with Crippen LogP contribution in [0.4, 0.5) is 0 Å². The summed E-state index contributed by atoms with van der Waals surface area (Å²) >= 11 is 1.80. The molecule has 1 saturated carbocycles. The molecule has 1 aromatic heterocycles. The summed E-state index contributed by atoms with van der Waals surface area (Å²) in [6.07, 6.45) is 4.87. The first-order valence-corrected chi connectivity index (χ1v) is 7.97. The molecule has 19 heavy (non-hydrogen) atoms. The summed E-state index contributed by atoms with van der Waals surface area (Å²) in [4.78, 5) is 0. The van der Waals surface area contributed by atoms with Gasteiger partial charge in [0.25, 0.3) is 0 Å². The predicted molar refractivity (Wildman–Crippen MR) is 78.7 cm³/mol. The first-order valence-electron chi connectivity index (χ1n) is 7.15. The molecule has 1 unspecified atom stereocenters. The van der Waals surface area contributed by atoms with E-state index in [0.29, 0.717) is 11.3 Å². The van der Waals surface area contributed by atoms with Crippen molar-refractivity contribution < 1.29 is 4.74 Å². The van der Waals surface area contributed by atoms with Crippen molar-refractivity contribution in [2.45, 2.75) is 45.4 Å². The lowest BCUT2D eigenvalue weighted by atomic mass is 9.82. The Morgan fingerprint density at radius 3 is 2.89 bits per heavy atom. The van der Waals surface area contributed by atoms with Crippen LogP contribution in [0.3, 0.4) is 0 Å². The van der Waals surface area contributed by atoms with Crippen LogP contribution in [0.15, 0.2) is 0 Å². The normalized spacial score (nSPS) is 21.9. The van der Waals surface area contributed by atoms with Gasteiger partial charge in [0, 0.05) is 32.5 Å². The molecule has 1 atom stereocenters. The van der Waals surface area contributed by atoms with Crippen LogP contribution in [0.1, 0.15) is 49.0 Å². The van der Waals surface area contributed by atoms with Crippen LogP contribution in [0, 0.1) is 5.41 Å². The summed E-state index contributed by atoms with van der Waals surface area (Å²) in [6, 6.07) is 0. The van der Waals surface area contributed by atoms with Gasteiger partial charge in [-0.05, 0) is 18.3 Å². The van der Waals surface area contributed by atoms with E-state index in [1.165, 1.54) is 24.3 Å². The minimum atomic E-state index is 0.396. The second-order valence-electron chi connectivity index (χ2n) is 5.96. The zero-order valence-electron chi connectivity index (χ0n) is 12.2. The maximum Gasteiger partial charge on any atom is 0.121 e. The maximum absolute atomic E-state index is 5.00. The van der Waals surface area contributed by atoms with E-state index in [1.54, 1.807) is 18.4 Å². The monoisotopic (exact) mass is 283 g/mol. The fourth-order valence-electron chi connectivity index (χ4n) is 2.79. The molecule has 108 valence electrons. The van der Waals surface area contributed by atoms with Crippen LogP contribution in [0.25, 0.3) is 0 Å². The van der Waals surface area contributed by atoms with E-state index in [-0.39, 0.29) is 0 Å². The molecule has 1 aromatic rings. The third kappa shape index (κ3) is 3.97. The van der Waals surface area contributed by atoms with Gasteiger partial charge >= 0.3 is 0 Å². The quantitative estimate of drug-likeness (QED) is 0.781. The summed E-state index contributed by atoms with van der Waals surface area (Å²) < 4.78 is 5.00. The van der Waals surface area contributed by atoms with E-state index in [4.69, 9.17) is 4.74 Å². The van der Waals surface area contributed by atoms with Crippen LogP contribution in [-0.4, -0.2) is 37.0 Å². The zero-order valence-corrected chi connectivity index (χ0v) is 13.1. The van der Waals surface area contributed by atoms with Crippen LogP contribution in [0.5, 0.6) is 0 Å². The summed E-state index contributed by atoms with van der Waals surface area (Å²) in [6.45, 7) is 7.33. The molecule has 1 aliphatic rings. The average Bonchev–Trinajstić information content (AvgIpc) is 2.95. The largest absolute Gasteiger partial charge is 0.383 e. The molecule has 0 saturated heterocycles. The molecule has 0 spiro atoms. The van der Waals surface area contributed by atoms with Gasteiger partial charge in [-0.15, -0.1) is 21.5 Å². The maximum atomic E-state index is 5.00. The molecular formula is C14H25N3OS. The molecule has 5 heteroatoms. The van der Waals surface area contributed by atoms with E-state index in [1.807, 2.05) is 0 Å². The van der Waals surface area contributed by atoms with Crippen molar-refractivity contribution in [2.24, 2.45) is 5.41 Å². The third-order valence-corrected chi connectivity index (χ3v) is 5.13. The molecule has 1 aliphatic carbocycles. The molecule has 0 radical (unpaired) electrons. The van der Waals surface area contributed by atoms with Crippen LogP contribution in [0.2, 0.25) is 0 Å². The number of hydrogen-bond donors (Lipinski definition) is 1. The van der Waals surface area contributed by atoms with Crippen molar-refractivity contribution in [3.05, 3.63) is 10.0 Å². The Hall–Kier alpha value is -0.520. The van der Waals surface area contributed by atoms with Crippen molar-refractivity contribution in [1.82, 2.24) is 15.5 Å². The van der Waals surface area contributed by atoms with Crippen LogP contribution >= 0.6 is 11.3 Å². The van der Waals surface area contributed by atoms with E-state index in [2.05, 4.69) is 29.4 Å². The van der Waals surface area contributed by atoms with Gasteiger partial charge in [0.05, 0.1) is 6.61 Å². The molecule has 0 amide bonds. The number of methoxy groups -OCH3 is 1. The highest BCUT2D eigenvalue weighted by Gasteiger charge is 2.37. The number of aromatic nitrogens is 2. The van der Waals surface area contributed by atoms with Gasteiger partial charge in [0.1, 0.15) is 10.0 Å². The predicted octanol–water partition coefficient (Wildman–Crippen LogP) is 2.61. The Labute approximate surface area is 120 Å². The van der Waals surface area contributed by atoms with Crippen molar-refractivity contribution in [3.8, 4) is 0 Å². The number of hydrogen-bond acceptors (Lipinski definition) is 5. The topological polar surface area (TPSA) is 47.0 Å². The first kappa shape index (κ1) is 14.9. The highest BCUT2D eigenvalue weighted by Crippen LogP contribution is 2.49. The van der Waals surface area contributed by atoms with Gasteiger partial charge < -0.3 is 10.1 Å². The highest BCUT2D eigenvalue weighted by molar-refractivity contribution is 7.11. The minimum Gasteiger partial charge on any atom is -0.383 e. The van der Waals surface area contributed by atoms with Crippen molar-refractivity contribution in [2.75, 3.05) is 26.8 Å². The average molecular weight is 283 g/mol. The summed E-state index contributed by atoms with van der Waals surface area (Å²) in [5.41, 5.74) is 0.396. The van der Waals surface area contributed by atoms with E-state index in [9.17, 15) is 0 Å². The molecule has 1 fully saturated rings. The van der Waals surface area contributed by atoms with Crippen LogP contribution in [-0.2, 0) is 11.2 Å². The van der Waals surface area contributed by atoms with Crippen molar-refractivity contribution in [3.63, 3.8) is 0 Å². The van der Waals surface area contributed by atoms with E-state index < -0.39 is 0 Å². The van der Waals surface area contributed by atoms with Gasteiger partial charge in [0.2, 0.25) is 0 Å². The van der Waals surface area contributed by atoms with E-state index in [0.717, 1.165) is 31.1 Å². The Morgan fingerprint density at radius 2 is 2.21 bits per heavy atom. The number of ether oxygens (including phenoxy) is 1. The molecule has 1 heterocycles. The molecule has 4 nitrogen and oxygen atoms in total.